The Morgan fingerprint density at radius 1 is 0.459 bits per heavy atom. The van der Waals surface area contributed by atoms with Crippen molar-refractivity contribution in [1.82, 2.24) is 4.57 Å². The predicted octanol–water partition coefficient (Wildman–Crippen LogP) is 11.5. The standard InChI is InChI=1S/C35H69N2/c1-4-7-9-11-13-15-17-18-19-20-22-24-26-28-30-32-37-34-33-36(35(37)6-3)31-29-27-25-23-21-16-14-12-10-8-5-2/h33-34H,4-32H2,1-3H3/q+1. The average molecular weight is 518 g/mol. The first-order chi connectivity index (χ1) is 18.3. The molecule has 218 valence electrons. The number of unbranched alkanes of at least 4 members (excludes halogenated alkanes) is 24. The van der Waals surface area contributed by atoms with E-state index in [9.17, 15) is 0 Å². The minimum absolute atomic E-state index is 1.16. The van der Waals surface area contributed by atoms with Gasteiger partial charge in [-0.1, -0.05) is 162 Å². The molecule has 0 spiro atoms. The molecule has 0 saturated heterocycles. The summed E-state index contributed by atoms with van der Waals surface area (Å²) in [5.74, 6) is 1.54. The van der Waals surface area contributed by atoms with E-state index >= 15 is 0 Å². The van der Waals surface area contributed by atoms with E-state index in [-0.39, 0.29) is 0 Å². The Hall–Kier alpha value is -0.790. The number of nitrogens with zero attached hydrogens (tertiary/aromatic N) is 2. The van der Waals surface area contributed by atoms with Crippen LogP contribution in [0.1, 0.15) is 194 Å². The summed E-state index contributed by atoms with van der Waals surface area (Å²) in [4.78, 5) is 0. The summed E-state index contributed by atoms with van der Waals surface area (Å²) in [6, 6.07) is 0. The second kappa shape index (κ2) is 26.8. The maximum atomic E-state index is 2.54. The third-order valence-corrected chi connectivity index (χ3v) is 8.41. The molecule has 0 aliphatic heterocycles. The van der Waals surface area contributed by atoms with Crippen LogP contribution in [0.5, 0.6) is 0 Å². The van der Waals surface area contributed by atoms with Crippen LogP contribution in [0.25, 0.3) is 0 Å². The lowest BCUT2D eigenvalue weighted by Gasteiger charge is -2.05. The summed E-state index contributed by atoms with van der Waals surface area (Å²) < 4.78 is 5.08. The van der Waals surface area contributed by atoms with Crippen LogP contribution in [0, 0.1) is 0 Å². The van der Waals surface area contributed by atoms with Crippen LogP contribution in [0.15, 0.2) is 12.4 Å². The number of rotatable bonds is 29. The van der Waals surface area contributed by atoms with Crippen molar-refractivity contribution in [3.8, 4) is 0 Å². The van der Waals surface area contributed by atoms with Gasteiger partial charge in [-0.05, 0) is 25.7 Å². The van der Waals surface area contributed by atoms with Gasteiger partial charge in [-0.25, -0.2) is 9.13 Å². The Balaban J connectivity index is 1.96. The third kappa shape index (κ3) is 19.9. The van der Waals surface area contributed by atoms with Crippen molar-refractivity contribution in [3.63, 3.8) is 0 Å². The summed E-state index contributed by atoms with van der Waals surface area (Å²) in [6.07, 6.45) is 43.2. The summed E-state index contributed by atoms with van der Waals surface area (Å²) >= 11 is 0. The molecule has 0 radical (unpaired) electrons. The van der Waals surface area contributed by atoms with Crippen LogP contribution < -0.4 is 4.57 Å². The molecule has 0 aliphatic rings. The fourth-order valence-electron chi connectivity index (χ4n) is 5.91. The van der Waals surface area contributed by atoms with Gasteiger partial charge in [0.25, 0.3) is 5.82 Å². The molecular weight excluding hydrogens is 448 g/mol. The smallest absolute Gasteiger partial charge is 0.234 e. The van der Waals surface area contributed by atoms with Gasteiger partial charge in [-0.3, -0.25) is 0 Å². The Morgan fingerprint density at radius 2 is 0.811 bits per heavy atom. The molecule has 37 heavy (non-hydrogen) atoms. The quantitative estimate of drug-likeness (QED) is 0.0737. The highest BCUT2D eigenvalue weighted by Gasteiger charge is 2.14. The lowest BCUT2D eigenvalue weighted by atomic mass is 10.0. The molecule has 1 heterocycles. The molecule has 2 heteroatoms. The van der Waals surface area contributed by atoms with Gasteiger partial charge in [-0.2, -0.15) is 0 Å². The van der Waals surface area contributed by atoms with Crippen LogP contribution in [-0.4, -0.2) is 4.57 Å². The topological polar surface area (TPSA) is 8.81 Å². The van der Waals surface area contributed by atoms with Gasteiger partial charge in [0.15, 0.2) is 0 Å². The average Bonchev–Trinajstić information content (AvgIpc) is 3.31. The third-order valence-electron chi connectivity index (χ3n) is 8.41. The van der Waals surface area contributed by atoms with E-state index in [1.165, 1.54) is 186 Å². The molecule has 0 fully saturated rings. The van der Waals surface area contributed by atoms with Crippen LogP contribution >= 0.6 is 0 Å². The zero-order valence-corrected chi connectivity index (χ0v) is 26.1. The van der Waals surface area contributed by atoms with Gasteiger partial charge in [-0.15, -0.1) is 0 Å². The lowest BCUT2D eigenvalue weighted by molar-refractivity contribution is -0.704. The molecular formula is C35H69N2+. The van der Waals surface area contributed by atoms with Crippen LogP contribution in [-0.2, 0) is 19.5 Å². The minimum atomic E-state index is 1.16. The molecule has 0 atom stereocenters. The van der Waals surface area contributed by atoms with E-state index < -0.39 is 0 Å². The van der Waals surface area contributed by atoms with E-state index in [1.54, 1.807) is 0 Å². The predicted molar refractivity (Wildman–Crippen MR) is 165 cm³/mol. The van der Waals surface area contributed by atoms with E-state index in [2.05, 4.69) is 42.3 Å². The number of aromatic nitrogens is 2. The first-order valence-corrected chi connectivity index (χ1v) is 17.4. The molecule has 0 unspecified atom stereocenters. The number of hydrogen-bond acceptors (Lipinski definition) is 0. The van der Waals surface area contributed by atoms with Gasteiger partial charge >= 0.3 is 0 Å². The van der Waals surface area contributed by atoms with E-state index in [4.69, 9.17) is 0 Å². The van der Waals surface area contributed by atoms with Gasteiger partial charge in [0.05, 0.1) is 13.1 Å². The molecule has 0 N–H and O–H groups in total. The minimum Gasteiger partial charge on any atom is -0.234 e. The highest BCUT2D eigenvalue weighted by atomic mass is 15.1. The maximum absolute atomic E-state index is 2.54. The SMILES string of the molecule is CCCCCCCCCCCCCCCCC[n+]1ccn(CCCCCCCCCCCCC)c1CC. The Labute approximate surface area is 234 Å². The van der Waals surface area contributed by atoms with Crippen molar-refractivity contribution in [1.29, 1.82) is 0 Å². The van der Waals surface area contributed by atoms with E-state index in [1.807, 2.05) is 0 Å². The van der Waals surface area contributed by atoms with Crippen molar-refractivity contribution in [2.75, 3.05) is 0 Å². The molecule has 0 aromatic carbocycles. The number of aryl methyl sites for hydroxylation is 2. The van der Waals surface area contributed by atoms with Crippen molar-refractivity contribution in [2.45, 2.75) is 207 Å². The van der Waals surface area contributed by atoms with Gasteiger partial charge in [0, 0.05) is 6.42 Å². The lowest BCUT2D eigenvalue weighted by Crippen LogP contribution is -2.37. The summed E-state index contributed by atoms with van der Waals surface area (Å²) in [7, 11) is 0. The molecule has 0 aliphatic carbocycles. The van der Waals surface area contributed by atoms with Crippen LogP contribution in [0.4, 0.5) is 0 Å². The fraction of sp³-hybridized carbons (Fsp3) is 0.914. The molecule has 0 bridgehead atoms. The van der Waals surface area contributed by atoms with Gasteiger partial charge in [0.2, 0.25) is 0 Å². The second-order valence-electron chi connectivity index (χ2n) is 11.9. The van der Waals surface area contributed by atoms with Crippen molar-refractivity contribution >= 4 is 0 Å². The first-order valence-electron chi connectivity index (χ1n) is 17.4. The Morgan fingerprint density at radius 3 is 1.19 bits per heavy atom. The zero-order chi connectivity index (χ0) is 26.7. The van der Waals surface area contributed by atoms with E-state index in [0.717, 1.165) is 6.42 Å². The number of hydrogen-bond donors (Lipinski definition) is 0. The summed E-state index contributed by atoms with van der Waals surface area (Å²) in [6.45, 7) is 9.37. The van der Waals surface area contributed by atoms with Gasteiger partial charge < -0.3 is 0 Å². The highest BCUT2D eigenvalue weighted by molar-refractivity contribution is 4.83. The van der Waals surface area contributed by atoms with E-state index in [0.29, 0.717) is 0 Å². The Kier molecular flexibility index (Phi) is 24.8. The van der Waals surface area contributed by atoms with Crippen LogP contribution in [0.3, 0.4) is 0 Å². The molecule has 0 saturated carbocycles. The molecule has 1 rings (SSSR count). The molecule has 2 nitrogen and oxygen atoms in total. The summed E-state index contributed by atoms with van der Waals surface area (Å²) in [5.41, 5.74) is 0. The normalized spacial score (nSPS) is 11.5. The first kappa shape index (κ1) is 34.2. The largest absolute Gasteiger partial charge is 0.256 e. The fourth-order valence-corrected chi connectivity index (χ4v) is 5.91. The van der Waals surface area contributed by atoms with Crippen molar-refractivity contribution in [3.05, 3.63) is 18.2 Å². The van der Waals surface area contributed by atoms with Gasteiger partial charge in [0.1, 0.15) is 12.4 Å². The monoisotopic (exact) mass is 518 g/mol. The Bertz CT molecular complexity index is 576. The molecule has 1 aromatic heterocycles. The number of imidazole rings is 1. The second-order valence-corrected chi connectivity index (χ2v) is 11.9. The molecule has 1 aromatic rings. The molecule has 0 amide bonds. The summed E-state index contributed by atoms with van der Waals surface area (Å²) in [5, 5.41) is 0. The maximum Gasteiger partial charge on any atom is 0.256 e. The van der Waals surface area contributed by atoms with Crippen molar-refractivity contribution in [2.24, 2.45) is 0 Å². The van der Waals surface area contributed by atoms with Crippen molar-refractivity contribution < 1.29 is 4.57 Å². The zero-order valence-electron chi connectivity index (χ0n) is 26.1. The van der Waals surface area contributed by atoms with Crippen LogP contribution in [0.2, 0.25) is 0 Å². The highest BCUT2D eigenvalue weighted by Crippen LogP contribution is 2.14.